The SMILES string of the molecule is CC/C=C\C#CC(=O)N(C)OC. The Morgan fingerprint density at radius 2 is 2.33 bits per heavy atom. The van der Waals surface area contributed by atoms with E-state index in [-0.39, 0.29) is 5.91 Å². The molecule has 0 aliphatic rings. The minimum absolute atomic E-state index is 0.349. The Balaban J connectivity index is 3.95. The average Bonchev–Trinajstić information content (AvgIpc) is 2.10. The summed E-state index contributed by atoms with van der Waals surface area (Å²) in [5, 5.41) is 1.08. The lowest BCUT2D eigenvalue weighted by Gasteiger charge is -2.07. The predicted octanol–water partition coefficient (Wildman–Crippen LogP) is 0.976. The van der Waals surface area contributed by atoms with Crippen molar-refractivity contribution in [2.24, 2.45) is 0 Å². The molecule has 0 aliphatic carbocycles. The smallest absolute Gasteiger partial charge is 0.274 e. The molecule has 0 radical (unpaired) electrons. The van der Waals surface area contributed by atoms with Crippen molar-refractivity contribution in [2.75, 3.05) is 14.2 Å². The number of amides is 1. The summed E-state index contributed by atoms with van der Waals surface area (Å²) < 4.78 is 0. The standard InChI is InChI=1S/C9H13NO2/c1-4-5-6-7-8-9(11)10(2)12-3/h5-6H,4H2,1-3H3/b6-5-. The fourth-order valence-corrected chi connectivity index (χ4v) is 0.442. The van der Waals surface area contributed by atoms with Crippen LogP contribution in [0.4, 0.5) is 0 Å². The lowest BCUT2D eigenvalue weighted by atomic mass is 10.4. The van der Waals surface area contributed by atoms with Crippen LogP contribution in [0.3, 0.4) is 0 Å². The van der Waals surface area contributed by atoms with E-state index in [1.165, 1.54) is 14.2 Å². The van der Waals surface area contributed by atoms with E-state index in [1.54, 1.807) is 6.08 Å². The molecule has 0 unspecified atom stereocenters. The van der Waals surface area contributed by atoms with E-state index in [2.05, 4.69) is 16.7 Å². The van der Waals surface area contributed by atoms with Gasteiger partial charge in [0.2, 0.25) is 0 Å². The molecule has 0 aliphatic heterocycles. The van der Waals surface area contributed by atoms with Crippen LogP contribution in [-0.2, 0) is 9.63 Å². The number of rotatable bonds is 2. The molecule has 0 saturated carbocycles. The van der Waals surface area contributed by atoms with Crippen LogP contribution in [0.25, 0.3) is 0 Å². The Morgan fingerprint density at radius 1 is 1.67 bits per heavy atom. The molecular formula is C9H13NO2. The largest absolute Gasteiger partial charge is 0.322 e. The van der Waals surface area contributed by atoms with Gasteiger partial charge in [0.1, 0.15) is 0 Å². The van der Waals surface area contributed by atoms with Crippen LogP contribution in [0.2, 0.25) is 0 Å². The van der Waals surface area contributed by atoms with Gasteiger partial charge in [0, 0.05) is 13.0 Å². The molecule has 0 aromatic carbocycles. The lowest BCUT2D eigenvalue weighted by Crippen LogP contribution is -2.23. The van der Waals surface area contributed by atoms with Gasteiger partial charge in [-0.1, -0.05) is 18.9 Å². The Bertz CT molecular complexity index is 222. The zero-order chi connectivity index (χ0) is 9.40. The normalized spacial score (nSPS) is 9.25. The second kappa shape index (κ2) is 6.44. The molecule has 1 amide bonds. The topological polar surface area (TPSA) is 29.5 Å². The molecule has 0 fully saturated rings. The quantitative estimate of drug-likeness (QED) is 0.453. The maximum Gasteiger partial charge on any atom is 0.322 e. The second-order valence-corrected chi connectivity index (χ2v) is 2.07. The van der Waals surface area contributed by atoms with E-state index >= 15 is 0 Å². The molecular weight excluding hydrogens is 154 g/mol. The van der Waals surface area contributed by atoms with Crippen LogP contribution in [0.5, 0.6) is 0 Å². The Morgan fingerprint density at radius 3 is 2.83 bits per heavy atom. The second-order valence-electron chi connectivity index (χ2n) is 2.07. The first-order valence-electron chi connectivity index (χ1n) is 3.70. The monoisotopic (exact) mass is 167 g/mol. The minimum atomic E-state index is -0.349. The van der Waals surface area contributed by atoms with Crippen molar-refractivity contribution in [2.45, 2.75) is 13.3 Å². The van der Waals surface area contributed by atoms with Crippen molar-refractivity contribution in [3.63, 3.8) is 0 Å². The third kappa shape index (κ3) is 4.53. The lowest BCUT2D eigenvalue weighted by molar-refractivity contribution is -0.161. The van der Waals surface area contributed by atoms with Crippen molar-refractivity contribution >= 4 is 5.91 Å². The van der Waals surface area contributed by atoms with Crippen molar-refractivity contribution in [3.8, 4) is 11.8 Å². The van der Waals surface area contributed by atoms with E-state index in [0.717, 1.165) is 11.5 Å². The van der Waals surface area contributed by atoms with Crippen molar-refractivity contribution < 1.29 is 9.63 Å². The molecule has 3 heteroatoms. The van der Waals surface area contributed by atoms with Gasteiger partial charge in [-0.05, 0) is 12.5 Å². The number of carbonyl (C=O) groups excluding carboxylic acids is 1. The predicted molar refractivity (Wildman–Crippen MR) is 47.0 cm³/mol. The number of carbonyl (C=O) groups is 1. The van der Waals surface area contributed by atoms with Gasteiger partial charge in [-0.25, -0.2) is 5.06 Å². The highest BCUT2D eigenvalue weighted by Gasteiger charge is 2.00. The molecule has 0 rings (SSSR count). The van der Waals surface area contributed by atoms with Crippen molar-refractivity contribution in [3.05, 3.63) is 12.2 Å². The Kier molecular flexibility index (Phi) is 5.76. The van der Waals surface area contributed by atoms with Gasteiger partial charge in [0.25, 0.3) is 0 Å². The van der Waals surface area contributed by atoms with E-state index in [1.807, 2.05) is 13.0 Å². The van der Waals surface area contributed by atoms with Crippen molar-refractivity contribution in [1.29, 1.82) is 0 Å². The summed E-state index contributed by atoms with van der Waals surface area (Å²) in [6.45, 7) is 2.00. The highest BCUT2D eigenvalue weighted by atomic mass is 16.7. The first-order chi connectivity index (χ1) is 5.72. The zero-order valence-electron chi connectivity index (χ0n) is 7.63. The maximum atomic E-state index is 10.9. The average molecular weight is 167 g/mol. The summed E-state index contributed by atoms with van der Waals surface area (Å²) >= 11 is 0. The summed E-state index contributed by atoms with van der Waals surface area (Å²) in [6, 6.07) is 0. The zero-order valence-corrected chi connectivity index (χ0v) is 7.63. The van der Waals surface area contributed by atoms with Gasteiger partial charge in [-0.15, -0.1) is 0 Å². The minimum Gasteiger partial charge on any atom is -0.274 e. The number of nitrogens with zero attached hydrogens (tertiary/aromatic N) is 1. The summed E-state index contributed by atoms with van der Waals surface area (Å²) in [7, 11) is 2.93. The van der Waals surface area contributed by atoms with Gasteiger partial charge < -0.3 is 0 Å². The van der Waals surface area contributed by atoms with Gasteiger partial charge in [-0.2, -0.15) is 0 Å². The van der Waals surface area contributed by atoms with E-state index in [4.69, 9.17) is 0 Å². The molecule has 0 N–H and O–H groups in total. The van der Waals surface area contributed by atoms with Crippen molar-refractivity contribution in [1.82, 2.24) is 5.06 Å². The van der Waals surface area contributed by atoms with Gasteiger partial charge in [-0.3, -0.25) is 9.63 Å². The molecule has 0 heterocycles. The molecule has 0 spiro atoms. The fraction of sp³-hybridized carbons (Fsp3) is 0.444. The van der Waals surface area contributed by atoms with Crippen LogP contribution in [0.1, 0.15) is 13.3 Å². The molecule has 0 atom stereocenters. The third-order valence-electron chi connectivity index (χ3n) is 1.18. The van der Waals surface area contributed by atoms with Gasteiger partial charge in [0.05, 0.1) is 7.11 Å². The molecule has 0 bridgehead atoms. The Labute approximate surface area is 73.0 Å². The molecule has 3 nitrogen and oxygen atoms in total. The van der Waals surface area contributed by atoms with Crippen LogP contribution in [0.15, 0.2) is 12.2 Å². The number of hydroxylamine groups is 2. The first kappa shape index (κ1) is 10.7. The summed E-state index contributed by atoms with van der Waals surface area (Å²) in [6.07, 6.45) is 4.46. The van der Waals surface area contributed by atoms with Gasteiger partial charge >= 0.3 is 5.91 Å². The van der Waals surface area contributed by atoms with Crippen LogP contribution < -0.4 is 0 Å². The van der Waals surface area contributed by atoms with E-state index < -0.39 is 0 Å². The Hall–Kier alpha value is -1.27. The third-order valence-corrected chi connectivity index (χ3v) is 1.18. The van der Waals surface area contributed by atoms with Crippen LogP contribution in [0, 0.1) is 11.8 Å². The molecule has 12 heavy (non-hydrogen) atoms. The highest BCUT2D eigenvalue weighted by molar-refractivity contribution is 5.92. The fourth-order valence-electron chi connectivity index (χ4n) is 0.442. The van der Waals surface area contributed by atoms with Crippen LogP contribution >= 0.6 is 0 Å². The van der Waals surface area contributed by atoms with E-state index in [0.29, 0.717) is 0 Å². The summed E-state index contributed by atoms with van der Waals surface area (Å²) in [5.41, 5.74) is 0. The molecule has 0 saturated heterocycles. The van der Waals surface area contributed by atoms with Gasteiger partial charge in [0.15, 0.2) is 0 Å². The van der Waals surface area contributed by atoms with Crippen LogP contribution in [-0.4, -0.2) is 25.1 Å². The first-order valence-corrected chi connectivity index (χ1v) is 3.70. The van der Waals surface area contributed by atoms with E-state index in [9.17, 15) is 4.79 Å². The molecule has 66 valence electrons. The highest BCUT2D eigenvalue weighted by Crippen LogP contribution is 1.82. The summed E-state index contributed by atoms with van der Waals surface area (Å²) in [5.74, 6) is 4.64. The molecule has 0 aromatic heterocycles. The number of hydrogen-bond acceptors (Lipinski definition) is 2. The number of allylic oxidation sites excluding steroid dienone is 2. The molecule has 0 aromatic rings. The maximum absolute atomic E-state index is 10.9. The summed E-state index contributed by atoms with van der Waals surface area (Å²) in [4.78, 5) is 15.6. The number of hydrogen-bond donors (Lipinski definition) is 0.